The van der Waals surface area contributed by atoms with Gasteiger partial charge in [0.25, 0.3) is 5.89 Å². The molecule has 3 atom stereocenters. The molecule has 1 aromatic carbocycles. The van der Waals surface area contributed by atoms with E-state index in [1.807, 2.05) is 37.8 Å². The van der Waals surface area contributed by atoms with Gasteiger partial charge in [0.15, 0.2) is 11.5 Å². The van der Waals surface area contributed by atoms with Gasteiger partial charge in [0.05, 0.1) is 12.3 Å². The lowest BCUT2D eigenvalue weighted by molar-refractivity contribution is 0.0283. The van der Waals surface area contributed by atoms with Crippen LogP contribution in [0, 0.1) is 11.8 Å². The van der Waals surface area contributed by atoms with Crippen LogP contribution in [0.5, 0.6) is 0 Å². The lowest BCUT2D eigenvalue weighted by Gasteiger charge is -2.28. The number of benzene rings is 1. The summed E-state index contributed by atoms with van der Waals surface area (Å²) in [6.45, 7) is 17.1. The number of hydrogen-bond acceptors (Lipinski definition) is 13. The third-order valence-electron chi connectivity index (χ3n) is 8.20. The molecule has 0 bridgehead atoms. The number of nitrogens with zero attached hydrogens (tertiary/aromatic N) is 7. The van der Waals surface area contributed by atoms with Crippen molar-refractivity contribution in [1.29, 1.82) is 0 Å². The summed E-state index contributed by atoms with van der Waals surface area (Å²) in [5, 5.41) is 19.0. The van der Waals surface area contributed by atoms with E-state index in [0.717, 1.165) is 18.4 Å². The van der Waals surface area contributed by atoms with Crippen LogP contribution in [0.2, 0.25) is 0 Å². The van der Waals surface area contributed by atoms with Gasteiger partial charge >= 0.3 is 18.3 Å². The fourth-order valence-electron chi connectivity index (χ4n) is 5.99. The molecule has 1 saturated heterocycles. The molecule has 0 radical (unpaired) electrons. The van der Waals surface area contributed by atoms with E-state index in [9.17, 15) is 19.5 Å². The van der Waals surface area contributed by atoms with E-state index in [-0.39, 0.29) is 35.3 Å². The molecule has 2 aliphatic rings. The first-order valence-corrected chi connectivity index (χ1v) is 17.1. The Morgan fingerprint density at radius 3 is 1.98 bits per heavy atom. The van der Waals surface area contributed by atoms with E-state index in [2.05, 4.69) is 15.2 Å². The summed E-state index contributed by atoms with van der Waals surface area (Å²) < 4.78 is 22.8. The van der Waals surface area contributed by atoms with Gasteiger partial charge < -0.3 is 33.5 Å². The Hall–Kier alpha value is -4.79. The predicted octanol–water partition coefficient (Wildman–Crippen LogP) is 6.44. The first-order chi connectivity index (χ1) is 23.7. The normalized spacial score (nSPS) is 19.0. The highest BCUT2D eigenvalue weighted by molar-refractivity contribution is 6.10. The molecule has 0 spiro atoms. The largest absolute Gasteiger partial charge is 0.444 e. The van der Waals surface area contributed by atoms with Crippen molar-refractivity contribution in [3.8, 4) is 23.0 Å². The number of hydrogen-bond donors (Lipinski definition) is 1. The number of imide groups is 1. The average Bonchev–Trinajstić information content (AvgIpc) is 3.73. The first-order valence-electron chi connectivity index (χ1n) is 17.1. The molecule has 3 amide bonds. The van der Waals surface area contributed by atoms with Gasteiger partial charge in [-0.25, -0.2) is 24.4 Å². The zero-order valence-electron chi connectivity index (χ0n) is 31.1. The van der Waals surface area contributed by atoms with Crippen LogP contribution in [0.1, 0.15) is 80.7 Å². The number of carbonyl (C=O) groups excluding carboxylic acids is 3. The second-order valence-electron chi connectivity index (χ2n) is 16.1. The minimum atomic E-state index is -1.02. The lowest BCUT2D eigenvalue weighted by atomic mass is 10.00. The van der Waals surface area contributed by atoms with Crippen molar-refractivity contribution < 1.29 is 38.1 Å². The standard InChI is InChI=1S/C36H49N7O8/c1-34(2,3)49-31(45)41(10)18-21-11-13-22(14-12-21)29-39-40-30(48-29)27-28(43(32(46)50-35(4,5)6)33(47)51-36(7,8)9)37-17-26(38-27)42-19-23-15-16-25(44)24(23)20-42/h11-14,17,23-25,44H,15-16,18-20H2,1-10H3. The van der Waals surface area contributed by atoms with Gasteiger partial charge in [0.1, 0.15) is 22.6 Å². The molecule has 15 nitrogen and oxygen atoms in total. The molecule has 1 aliphatic carbocycles. The van der Waals surface area contributed by atoms with Crippen molar-refractivity contribution in [3.63, 3.8) is 0 Å². The molecular weight excluding hydrogens is 658 g/mol. The highest BCUT2D eigenvalue weighted by Gasteiger charge is 2.43. The van der Waals surface area contributed by atoms with Crippen LogP contribution in [0.15, 0.2) is 34.9 Å². The third-order valence-corrected chi connectivity index (χ3v) is 8.20. The van der Waals surface area contributed by atoms with Crippen molar-refractivity contribution in [1.82, 2.24) is 25.1 Å². The molecule has 3 aromatic rings. The fourth-order valence-corrected chi connectivity index (χ4v) is 5.99. The van der Waals surface area contributed by atoms with Crippen molar-refractivity contribution >= 4 is 29.9 Å². The summed E-state index contributed by atoms with van der Waals surface area (Å²) in [5.74, 6) is 0.720. The SMILES string of the molecule is CN(Cc1ccc(-c2nnc(-c3nc(N4CC5CCC(O)C5C4)cnc3N(C(=O)OC(C)(C)C)C(=O)OC(C)(C)C)o2)cc1)C(=O)OC(C)(C)C. The Balaban J connectivity index is 1.50. The maximum absolute atomic E-state index is 13.6. The van der Waals surface area contributed by atoms with Gasteiger partial charge in [-0.1, -0.05) is 12.1 Å². The minimum absolute atomic E-state index is 0.0313. The summed E-state index contributed by atoms with van der Waals surface area (Å²) in [7, 11) is 1.66. The van der Waals surface area contributed by atoms with Crippen molar-refractivity contribution in [2.75, 3.05) is 29.9 Å². The summed E-state index contributed by atoms with van der Waals surface area (Å²) in [6, 6.07) is 7.22. The highest BCUT2D eigenvalue weighted by Crippen LogP contribution is 2.40. The zero-order valence-corrected chi connectivity index (χ0v) is 31.1. The lowest BCUT2D eigenvalue weighted by Crippen LogP contribution is -2.44. The Labute approximate surface area is 298 Å². The number of aliphatic hydroxyl groups excluding tert-OH is 1. The van der Waals surface area contributed by atoms with Gasteiger partial charge in [0, 0.05) is 38.2 Å². The van der Waals surface area contributed by atoms with Gasteiger partial charge in [-0.15, -0.1) is 10.2 Å². The molecule has 3 heterocycles. The third kappa shape index (κ3) is 9.31. The van der Waals surface area contributed by atoms with Crippen LogP contribution in [0.25, 0.3) is 23.0 Å². The quantitative estimate of drug-likeness (QED) is 0.277. The van der Waals surface area contributed by atoms with Crippen LogP contribution in [-0.4, -0.2) is 91.5 Å². The van der Waals surface area contributed by atoms with Crippen molar-refractivity contribution in [2.45, 2.75) is 105 Å². The summed E-state index contributed by atoms with van der Waals surface area (Å²) in [6.07, 6.45) is 0.284. The number of aliphatic hydroxyl groups is 1. The number of anilines is 2. The number of fused-ring (bicyclic) bond motifs is 1. The summed E-state index contributed by atoms with van der Waals surface area (Å²) in [4.78, 5) is 53.3. The Bertz CT molecular complexity index is 1710. The fraction of sp³-hybridized carbons (Fsp3) is 0.583. The molecule has 3 unspecified atom stereocenters. The number of aromatic nitrogens is 4. The van der Waals surface area contributed by atoms with E-state index in [4.69, 9.17) is 23.6 Å². The second-order valence-corrected chi connectivity index (χ2v) is 16.1. The maximum atomic E-state index is 13.6. The number of amides is 3. The molecule has 2 aromatic heterocycles. The van der Waals surface area contributed by atoms with E-state index in [1.165, 1.54) is 11.1 Å². The average molecular weight is 708 g/mol. The van der Waals surface area contributed by atoms with Gasteiger partial charge in [-0.2, -0.15) is 4.90 Å². The predicted molar refractivity (Wildman–Crippen MR) is 188 cm³/mol. The van der Waals surface area contributed by atoms with Crippen LogP contribution < -0.4 is 9.80 Å². The topological polar surface area (TPSA) is 174 Å². The number of ether oxygens (including phenoxy) is 3. The number of carbonyl (C=O) groups is 3. The van der Waals surface area contributed by atoms with E-state index >= 15 is 0 Å². The van der Waals surface area contributed by atoms with Crippen LogP contribution in [0.4, 0.5) is 26.0 Å². The summed E-state index contributed by atoms with van der Waals surface area (Å²) >= 11 is 0. The van der Waals surface area contributed by atoms with E-state index in [1.54, 1.807) is 60.7 Å². The molecule has 15 heteroatoms. The minimum Gasteiger partial charge on any atom is -0.444 e. The molecule has 5 rings (SSSR count). The van der Waals surface area contributed by atoms with Crippen LogP contribution in [-0.2, 0) is 20.8 Å². The smallest absolute Gasteiger partial charge is 0.425 e. The van der Waals surface area contributed by atoms with Gasteiger partial charge in [0.2, 0.25) is 5.89 Å². The Kier molecular flexibility index (Phi) is 10.3. The Morgan fingerprint density at radius 2 is 1.41 bits per heavy atom. The van der Waals surface area contributed by atoms with Crippen molar-refractivity contribution in [3.05, 3.63) is 36.0 Å². The number of rotatable bonds is 6. The molecule has 1 N–H and O–H groups in total. The second kappa shape index (κ2) is 14.1. The van der Waals surface area contributed by atoms with Gasteiger partial charge in [-0.3, -0.25) is 0 Å². The summed E-state index contributed by atoms with van der Waals surface area (Å²) in [5.41, 5.74) is -1.12. The highest BCUT2D eigenvalue weighted by atomic mass is 16.6. The Morgan fingerprint density at radius 1 is 0.843 bits per heavy atom. The first kappa shape index (κ1) is 37.5. The van der Waals surface area contributed by atoms with E-state index < -0.39 is 35.1 Å². The molecule has 1 saturated carbocycles. The molecule has 1 aliphatic heterocycles. The molecule has 51 heavy (non-hydrogen) atoms. The van der Waals surface area contributed by atoms with Crippen LogP contribution in [0.3, 0.4) is 0 Å². The maximum Gasteiger partial charge on any atom is 0.425 e. The van der Waals surface area contributed by atoms with Gasteiger partial charge in [-0.05, 0) is 98.8 Å². The molecular formula is C36H49N7O8. The zero-order chi connectivity index (χ0) is 37.5. The van der Waals surface area contributed by atoms with Crippen LogP contribution >= 0.6 is 0 Å². The van der Waals surface area contributed by atoms with E-state index in [0.29, 0.717) is 41.8 Å². The molecule has 2 fully saturated rings. The van der Waals surface area contributed by atoms with Crippen molar-refractivity contribution in [2.24, 2.45) is 11.8 Å². The molecule has 276 valence electrons. The monoisotopic (exact) mass is 707 g/mol.